The first kappa shape index (κ1) is 24.5. The number of aliphatic hydroxyl groups excluding tert-OH is 1. The number of aliphatic hydroxyl groups is 1. The molecule has 1 aromatic heterocycles. The summed E-state index contributed by atoms with van der Waals surface area (Å²) in [6.07, 6.45) is 8.54. The fraction of sp³-hybridized carbons (Fsp3) is 0.516. The van der Waals surface area contributed by atoms with Gasteiger partial charge in [0.05, 0.1) is 18.2 Å². The first-order valence-electron chi connectivity index (χ1n) is 13.9. The Morgan fingerprint density at radius 2 is 1.92 bits per heavy atom. The summed E-state index contributed by atoms with van der Waals surface area (Å²) in [5, 5.41) is 25.0. The van der Waals surface area contributed by atoms with E-state index in [1.54, 1.807) is 12.1 Å². The van der Waals surface area contributed by atoms with Crippen molar-refractivity contribution in [2.24, 2.45) is 23.2 Å². The number of fused-ring (bicyclic) bond motifs is 1. The van der Waals surface area contributed by atoms with Gasteiger partial charge in [0.15, 0.2) is 0 Å². The highest BCUT2D eigenvalue weighted by Crippen LogP contribution is 2.66. The van der Waals surface area contributed by atoms with Gasteiger partial charge in [0, 0.05) is 24.0 Å². The molecule has 1 heterocycles. The van der Waals surface area contributed by atoms with E-state index in [2.05, 4.69) is 41.5 Å². The summed E-state index contributed by atoms with van der Waals surface area (Å²) in [6, 6.07) is 14.8. The molecule has 0 saturated heterocycles. The third-order valence-corrected chi connectivity index (χ3v) is 9.39. The van der Waals surface area contributed by atoms with Gasteiger partial charge >= 0.3 is 0 Å². The fourth-order valence-electron chi connectivity index (χ4n) is 7.91. The number of aromatic hydroxyl groups is 1. The molecule has 4 aliphatic carbocycles. The van der Waals surface area contributed by atoms with Gasteiger partial charge in [-0.3, -0.25) is 4.79 Å². The smallest absolute Gasteiger partial charge is 0.248 e. The number of benzene rings is 2. The third kappa shape index (κ3) is 4.89. The van der Waals surface area contributed by atoms with Crippen LogP contribution in [-0.2, 0) is 6.42 Å². The van der Waals surface area contributed by atoms with E-state index in [0.717, 1.165) is 36.5 Å². The van der Waals surface area contributed by atoms with Crippen LogP contribution >= 0.6 is 0 Å². The molecule has 196 valence electrons. The number of phenolic OH excluding ortho intramolecular Hbond substituents is 1. The maximum absolute atomic E-state index is 11.7. The Balaban J connectivity index is 1.02. The molecule has 3 aromatic rings. The van der Waals surface area contributed by atoms with Crippen LogP contribution in [0.25, 0.3) is 10.9 Å². The summed E-state index contributed by atoms with van der Waals surface area (Å²) in [5.74, 6) is 3.88. The SMILES string of the molecule is C[C@H](Cc1cccc(OCCC23CC4CC(CC2C4)C3)c1)NC[C@H](O)c1ccc(O)c2[nH]c(=O)ccc12. The zero-order valence-electron chi connectivity index (χ0n) is 21.6. The molecule has 0 spiro atoms. The quantitative estimate of drug-likeness (QED) is 0.310. The number of rotatable bonds is 10. The lowest BCUT2D eigenvalue weighted by Gasteiger charge is -2.32. The minimum absolute atomic E-state index is 0.00496. The number of nitrogens with one attached hydrogen (secondary N) is 2. The summed E-state index contributed by atoms with van der Waals surface area (Å²) >= 11 is 0. The van der Waals surface area contributed by atoms with Crippen LogP contribution < -0.4 is 15.6 Å². The molecule has 7 rings (SSSR count). The number of pyridine rings is 1. The first-order valence-corrected chi connectivity index (χ1v) is 13.9. The molecule has 0 aliphatic heterocycles. The van der Waals surface area contributed by atoms with E-state index in [-0.39, 0.29) is 17.4 Å². The maximum Gasteiger partial charge on any atom is 0.248 e. The Hall–Kier alpha value is -2.83. The molecule has 0 amide bonds. The van der Waals surface area contributed by atoms with Crippen molar-refractivity contribution in [2.75, 3.05) is 13.2 Å². The monoisotopic (exact) mass is 502 g/mol. The summed E-state index contributed by atoms with van der Waals surface area (Å²) in [4.78, 5) is 14.3. The lowest BCUT2D eigenvalue weighted by atomic mass is 9.74. The topological polar surface area (TPSA) is 94.6 Å². The second-order valence-corrected chi connectivity index (χ2v) is 12.0. The van der Waals surface area contributed by atoms with Crippen LogP contribution in [0.2, 0.25) is 0 Å². The molecule has 0 radical (unpaired) electrons. The van der Waals surface area contributed by atoms with Gasteiger partial charge in [-0.2, -0.15) is 0 Å². The van der Waals surface area contributed by atoms with Crippen LogP contribution in [0.4, 0.5) is 0 Å². The van der Waals surface area contributed by atoms with E-state index < -0.39 is 6.10 Å². The highest BCUT2D eigenvalue weighted by Gasteiger charge is 2.57. The van der Waals surface area contributed by atoms with E-state index in [1.807, 2.05) is 0 Å². The second-order valence-electron chi connectivity index (χ2n) is 12.0. The van der Waals surface area contributed by atoms with Crippen molar-refractivity contribution in [1.82, 2.24) is 10.3 Å². The Labute approximate surface area is 218 Å². The van der Waals surface area contributed by atoms with Crippen molar-refractivity contribution < 1.29 is 14.9 Å². The van der Waals surface area contributed by atoms with Crippen molar-refractivity contribution in [3.63, 3.8) is 0 Å². The van der Waals surface area contributed by atoms with E-state index >= 15 is 0 Å². The zero-order chi connectivity index (χ0) is 25.6. The first-order chi connectivity index (χ1) is 17.9. The molecular formula is C31H38N2O4. The minimum Gasteiger partial charge on any atom is -0.506 e. The van der Waals surface area contributed by atoms with Crippen LogP contribution in [0, 0.1) is 23.2 Å². The van der Waals surface area contributed by atoms with Crippen LogP contribution in [0.3, 0.4) is 0 Å². The van der Waals surface area contributed by atoms with Gasteiger partial charge in [0.1, 0.15) is 11.5 Å². The van der Waals surface area contributed by atoms with Crippen LogP contribution in [-0.4, -0.2) is 34.4 Å². The Morgan fingerprint density at radius 1 is 1.11 bits per heavy atom. The summed E-state index contributed by atoms with van der Waals surface area (Å²) in [5.41, 5.74) is 2.51. The highest BCUT2D eigenvalue weighted by atomic mass is 16.5. The van der Waals surface area contributed by atoms with Gasteiger partial charge in [-0.05, 0) is 110 Å². The van der Waals surface area contributed by atoms with Crippen LogP contribution in [0.5, 0.6) is 11.5 Å². The summed E-state index contributed by atoms with van der Waals surface area (Å²) in [6.45, 7) is 3.28. The fourth-order valence-corrected chi connectivity index (χ4v) is 7.91. The van der Waals surface area contributed by atoms with Gasteiger partial charge < -0.3 is 25.3 Å². The Bertz CT molecular complexity index is 1320. The van der Waals surface area contributed by atoms with Crippen molar-refractivity contribution >= 4 is 10.9 Å². The van der Waals surface area contributed by atoms with E-state index in [0.29, 0.717) is 28.4 Å². The normalized spacial score (nSPS) is 27.6. The lowest BCUT2D eigenvalue weighted by Crippen LogP contribution is -2.32. The molecule has 4 atom stereocenters. The molecule has 2 unspecified atom stereocenters. The molecule has 4 bridgehead atoms. The maximum atomic E-state index is 11.7. The number of phenols is 1. The van der Waals surface area contributed by atoms with E-state index in [1.165, 1.54) is 56.2 Å². The molecule has 4 saturated carbocycles. The van der Waals surface area contributed by atoms with Gasteiger partial charge in [-0.1, -0.05) is 18.2 Å². The Morgan fingerprint density at radius 3 is 2.73 bits per heavy atom. The Kier molecular flexibility index (Phi) is 6.49. The van der Waals surface area contributed by atoms with Crippen molar-refractivity contribution in [3.8, 4) is 11.5 Å². The lowest BCUT2D eigenvalue weighted by molar-refractivity contribution is 0.147. The van der Waals surface area contributed by atoms with Crippen molar-refractivity contribution in [3.05, 3.63) is 70.0 Å². The molecule has 6 nitrogen and oxygen atoms in total. The van der Waals surface area contributed by atoms with Crippen LogP contribution in [0.15, 0.2) is 53.3 Å². The molecule has 6 heteroatoms. The van der Waals surface area contributed by atoms with E-state index in [4.69, 9.17) is 4.74 Å². The molecule has 4 N–H and O–H groups in total. The minimum atomic E-state index is -0.772. The van der Waals surface area contributed by atoms with E-state index in [9.17, 15) is 15.0 Å². The number of hydrogen-bond acceptors (Lipinski definition) is 5. The summed E-state index contributed by atoms with van der Waals surface area (Å²) in [7, 11) is 0. The average Bonchev–Trinajstić information content (AvgIpc) is 3.26. The molecule has 4 fully saturated rings. The molecule has 4 aliphatic rings. The predicted molar refractivity (Wildman–Crippen MR) is 145 cm³/mol. The molecule has 37 heavy (non-hydrogen) atoms. The largest absolute Gasteiger partial charge is 0.506 e. The highest BCUT2D eigenvalue weighted by molar-refractivity contribution is 5.87. The summed E-state index contributed by atoms with van der Waals surface area (Å²) < 4.78 is 6.25. The zero-order valence-corrected chi connectivity index (χ0v) is 21.6. The van der Waals surface area contributed by atoms with Gasteiger partial charge in [0.2, 0.25) is 5.56 Å². The molecular weight excluding hydrogens is 464 g/mol. The molecule has 2 aromatic carbocycles. The number of aromatic amines is 1. The third-order valence-electron chi connectivity index (χ3n) is 9.39. The van der Waals surface area contributed by atoms with Gasteiger partial charge in [-0.15, -0.1) is 0 Å². The predicted octanol–water partition coefficient (Wildman–Crippen LogP) is 5.08. The van der Waals surface area contributed by atoms with Gasteiger partial charge in [-0.25, -0.2) is 0 Å². The standard InChI is InChI=1S/C31H38N2O4/c1-19(32-18-28(35)25-5-7-27(34)30-26(25)6-8-29(36)33-30)11-20-3-2-4-24(15-20)37-10-9-31-16-21-12-22(17-31)14-23(31)13-21/h2-8,15,19,21-23,28,32,34-35H,9-14,16-18H2,1H3,(H,33,36)/t19-,21?,22?,23?,28+,31?/m1/s1. The van der Waals surface area contributed by atoms with Gasteiger partial charge in [0.25, 0.3) is 0 Å². The number of H-pyrrole nitrogens is 1. The average molecular weight is 503 g/mol. The van der Waals surface area contributed by atoms with Crippen molar-refractivity contribution in [2.45, 2.75) is 64.0 Å². The van der Waals surface area contributed by atoms with Crippen molar-refractivity contribution in [1.29, 1.82) is 0 Å². The number of hydrogen-bond donors (Lipinski definition) is 4. The van der Waals surface area contributed by atoms with Crippen LogP contribution in [0.1, 0.15) is 62.7 Å². The second kappa shape index (κ2) is 9.80. The number of ether oxygens (including phenoxy) is 1. The number of aromatic nitrogens is 1.